The normalized spacial score (nSPS) is 11.0. The van der Waals surface area contributed by atoms with Crippen molar-refractivity contribution in [1.82, 2.24) is 29.9 Å². The zero-order chi connectivity index (χ0) is 20.9. The first-order chi connectivity index (χ1) is 14.6. The molecular weight excluding hydrogens is 378 g/mol. The maximum Gasteiger partial charge on any atom is 0.221 e. The first kappa shape index (κ1) is 19.7. The molecule has 0 spiro atoms. The van der Waals surface area contributed by atoms with Crippen LogP contribution in [0.4, 0.5) is 5.95 Å². The van der Waals surface area contributed by atoms with E-state index in [0.717, 1.165) is 29.1 Å². The fraction of sp³-hybridized carbons (Fsp3) is 0.227. The predicted octanol–water partition coefficient (Wildman–Crippen LogP) is 3.14. The van der Waals surface area contributed by atoms with E-state index in [2.05, 4.69) is 44.3 Å². The van der Waals surface area contributed by atoms with Gasteiger partial charge in [-0.3, -0.25) is 4.98 Å². The number of nitrogens with zero attached hydrogens (tertiary/aromatic N) is 6. The molecule has 0 aliphatic heterocycles. The van der Waals surface area contributed by atoms with Gasteiger partial charge in [-0.25, -0.2) is 14.6 Å². The van der Waals surface area contributed by atoms with Crippen LogP contribution in [0.15, 0.2) is 54.7 Å². The van der Waals surface area contributed by atoms with Crippen LogP contribution in [0.2, 0.25) is 0 Å². The number of ether oxygens (including phenoxy) is 1. The molecule has 0 amide bonds. The molecule has 0 aliphatic rings. The van der Waals surface area contributed by atoms with Crippen molar-refractivity contribution in [2.24, 2.45) is 0 Å². The SMILES string of the molecule is CCc1cccc(-c2cc(-c3cn(Cc4cccc(COC)n4)nn3)nc(N)n2)c1. The van der Waals surface area contributed by atoms with Gasteiger partial charge in [0.1, 0.15) is 5.69 Å². The van der Waals surface area contributed by atoms with Gasteiger partial charge in [0.05, 0.1) is 42.1 Å². The highest BCUT2D eigenvalue weighted by atomic mass is 16.5. The summed E-state index contributed by atoms with van der Waals surface area (Å²) in [6.07, 6.45) is 2.79. The first-order valence-corrected chi connectivity index (χ1v) is 9.72. The number of methoxy groups -OCH3 is 1. The lowest BCUT2D eigenvalue weighted by atomic mass is 10.1. The van der Waals surface area contributed by atoms with Crippen molar-refractivity contribution in [2.75, 3.05) is 12.8 Å². The number of hydrogen-bond donors (Lipinski definition) is 1. The number of aryl methyl sites for hydroxylation is 1. The van der Waals surface area contributed by atoms with E-state index in [-0.39, 0.29) is 5.95 Å². The molecule has 8 nitrogen and oxygen atoms in total. The number of hydrogen-bond acceptors (Lipinski definition) is 7. The minimum absolute atomic E-state index is 0.202. The van der Waals surface area contributed by atoms with Gasteiger partial charge in [0.25, 0.3) is 0 Å². The molecule has 3 aromatic heterocycles. The number of rotatable bonds is 7. The lowest BCUT2D eigenvalue weighted by Gasteiger charge is -2.06. The van der Waals surface area contributed by atoms with Crippen molar-refractivity contribution in [3.8, 4) is 22.6 Å². The van der Waals surface area contributed by atoms with Gasteiger partial charge in [-0.2, -0.15) is 0 Å². The molecule has 0 aliphatic carbocycles. The Kier molecular flexibility index (Phi) is 5.76. The Labute approximate surface area is 174 Å². The van der Waals surface area contributed by atoms with Gasteiger partial charge >= 0.3 is 0 Å². The number of aromatic nitrogens is 6. The van der Waals surface area contributed by atoms with Crippen LogP contribution in [-0.4, -0.2) is 37.1 Å². The minimum Gasteiger partial charge on any atom is -0.378 e. The van der Waals surface area contributed by atoms with Crippen LogP contribution in [0, 0.1) is 0 Å². The fourth-order valence-electron chi connectivity index (χ4n) is 3.20. The Morgan fingerprint density at radius 1 is 0.933 bits per heavy atom. The van der Waals surface area contributed by atoms with Crippen molar-refractivity contribution in [3.05, 3.63) is 71.7 Å². The quantitative estimate of drug-likeness (QED) is 0.507. The molecular formula is C22H23N7O. The van der Waals surface area contributed by atoms with Gasteiger partial charge in [0, 0.05) is 12.7 Å². The Balaban J connectivity index is 1.60. The molecule has 4 aromatic rings. The molecule has 0 fully saturated rings. The third kappa shape index (κ3) is 4.49. The van der Waals surface area contributed by atoms with Gasteiger partial charge in [0.15, 0.2) is 0 Å². The molecule has 4 rings (SSSR count). The summed E-state index contributed by atoms with van der Waals surface area (Å²) in [4.78, 5) is 13.3. The third-order valence-corrected chi connectivity index (χ3v) is 4.66. The van der Waals surface area contributed by atoms with E-state index in [1.807, 2.05) is 42.6 Å². The molecule has 2 N–H and O–H groups in total. The molecule has 0 saturated carbocycles. The Hall–Kier alpha value is -3.65. The van der Waals surface area contributed by atoms with Crippen LogP contribution < -0.4 is 5.73 Å². The van der Waals surface area contributed by atoms with E-state index in [0.29, 0.717) is 24.5 Å². The van der Waals surface area contributed by atoms with Gasteiger partial charge < -0.3 is 10.5 Å². The van der Waals surface area contributed by atoms with Gasteiger partial charge in [-0.15, -0.1) is 5.10 Å². The van der Waals surface area contributed by atoms with Gasteiger partial charge in [-0.1, -0.05) is 36.4 Å². The lowest BCUT2D eigenvalue weighted by Crippen LogP contribution is -2.04. The van der Waals surface area contributed by atoms with Crippen molar-refractivity contribution in [1.29, 1.82) is 0 Å². The molecule has 3 heterocycles. The molecule has 8 heteroatoms. The highest BCUT2D eigenvalue weighted by molar-refractivity contribution is 5.67. The third-order valence-electron chi connectivity index (χ3n) is 4.66. The largest absolute Gasteiger partial charge is 0.378 e. The van der Waals surface area contributed by atoms with Crippen LogP contribution >= 0.6 is 0 Å². The van der Waals surface area contributed by atoms with E-state index >= 15 is 0 Å². The summed E-state index contributed by atoms with van der Waals surface area (Å²) in [7, 11) is 1.65. The smallest absolute Gasteiger partial charge is 0.221 e. The molecule has 1 aromatic carbocycles. The maximum atomic E-state index is 5.98. The van der Waals surface area contributed by atoms with Gasteiger partial charge in [0.2, 0.25) is 5.95 Å². The lowest BCUT2D eigenvalue weighted by molar-refractivity contribution is 0.181. The Morgan fingerprint density at radius 2 is 1.73 bits per heavy atom. The summed E-state index contributed by atoms with van der Waals surface area (Å²) in [5.41, 5.74) is 12.0. The van der Waals surface area contributed by atoms with Crippen molar-refractivity contribution in [2.45, 2.75) is 26.5 Å². The first-order valence-electron chi connectivity index (χ1n) is 9.72. The summed E-state index contributed by atoms with van der Waals surface area (Å²) in [5.74, 6) is 0.202. The van der Waals surface area contributed by atoms with Crippen LogP contribution in [0.1, 0.15) is 23.9 Å². The van der Waals surface area contributed by atoms with Crippen molar-refractivity contribution < 1.29 is 4.74 Å². The number of nitrogen functional groups attached to an aromatic ring is 1. The summed E-state index contributed by atoms with van der Waals surface area (Å²) in [6, 6.07) is 16.0. The highest BCUT2D eigenvalue weighted by Gasteiger charge is 2.11. The molecule has 0 radical (unpaired) electrons. The maximum absolute atomic E-state index is 5.98. The van der Waals surface area contributed by atoms with Crippen molar-refractivity contribution >= 4 is 5.95 Å². The fourth-order valence-corrected chi connectivity index (χ4v) is 3.20. The zero-order valence-electron chi connectivity index (χ0n) is 17.0. The molecule has 152 valence electrons. The summed E-state index contributed by atoms with van der Waals surface area (Å²) in [6.45, 7) is 3.09. The van der Waals surface area contributed by atoms with Crippen LogP contribution in [0.3, 0.4) is 0 Å². The van der Waals surface area contributed by atoms with Crippen LogP contribution in [0.5, 0.6) is 0 Å². The molecule has 30 heavy (non-hydrogen) atoms. The summed E-state index contributed by atoms with van der Waals surface area (Å²) in [5, 5.41) is 8.48. The van der Waals surface area contributed by atoms with E-state index in [1.54, 1.807) is 11.8 Å². The number of anilines is 1. The monoisotopic (exact) mass is 401 g/mol. The average molecular weight is 401 g/mol. The second-order valence-electron chi connectivity index (χ2n) is 6.91. The molecule has 0 unspecified atom stereocenters. The summed E-state index contributed by atoms with van der Waals surface area (Å²) < 4.78 is 6.87. The van der Waals surface area contributed by atoms with Crippen molar-refractivity contribution in [3.63, 3.8) is 0 Å². The molecule has 0 saturated heterocycles. The minimum atomic E-state index is 0.202. The number of nitrogens with two attached hydrogens (primary N) is 1. The second-order valence-corrected chi connectivity index (χ2v) is 6.91. The molecule has 0 bridgehead atoms. The second kappa shape index (κ2) is 8.79. The van der Waals surface area contributed by atoms with Crippen LogP contribution in [-0.2, 0) is 24.3 Å². The number of benzene rings is 1. The molecule has 0 atom stereocenters. The van der Waals surface area contributed by atoms with Gasteiger partial charge in [-0.05, 0) is 36.2 Å². The van der Waals surface area contributed by atoms with E-state index in [4.69, 9.17) is 10.5 Å². The number of pyridine rings is 1. The van der Waals surface area contributed by atoms with E-state index in [9.17, 15) is 0 Å². The zero-order valence-corrected chi connectivity index (χ0v) is 17.0. The summed E-state index contributed by atoms with van der Waals surface area (Å²) >= 11 is 0. The highest BCUT2D eigenvalue weighted by Crippen LogP contribution is 2.24. The van der Waals surface area contributed by atoms with E-state index < -0.39 is 0 Å². The average Bonchev–Trinajstić information content (AvgIpc) is 3.22. The topological polar surface area (TPSA) is 105 Å². The van der Waals surface area contributed by atoms with Crippen LogP contribution in [0.25, 0.3) is 22.6 Å². The Morgan fingerprint density at radius 3 is 2.57 bits per heavy atom. The predicted molar refractivity (Wildman–Crippen MR) is 114 cm³/mol. The standard InChI is InChI=1S/C22H23N7O/c1-3-15-6-4-7-16(10-15)19-11-20(26-22(23)25-19)21-13-29(28-27-21)12-17-8-5-9-18(24-17)14-30-2/h4-11,13H,3,12,14H2,1-2H3,(H2,23,25,26). The van der Waals surface area contributed by atoms with E-state index in [1.165, 1.54) is 5.56 Å². The Bertz CT molecular complexity index is 1160.